The molecule has 1 aromatic carbocycles. The number of nitrogens with zero attached hydrogens (tertiary/aromatic N) is 4. The van der Waals surface area contributed by atoms with Crippen LogP contribution in [-0.2, 0) is 0 Å². The third-order valence-corrected chi connectivity index (χ3v) is 2.98. The zero-order valence-corrected chi connectivity index (χ0v) is 9.03. The van der Waals surface area contributed by atoms with E-state index in [0.717, 1.165) is 22.6 Å². The van der Waals surface area contributed by atoms with E-state index in [1.54, 1.807) is 10.9 Å². The van der Waals surface area contributed by atoms with E-state index in [9.17, 15) is 0 Å². The van der Waals surface area contributed by atoms with Crippen molar-refractivity contribution in [2.45, 2.75) is 0 Å². The maximum atomic E-state index is 5.91. The average molecular weight is 237 g/mol. The van der Waals surface area contributed by atoms with Gasteiger partial charge in [-0.1, -0.05) is 29.8 Å². The fourth-order valence-corrected chi connectivity index (χ4v) is 2.14. The van der Waals surface area contributed by atoms with Crippen molar-refractivity contribution in [3.8, 4) is 5.82 Å². The summed E-state index contributed by atoms with van der Waals surface area (Å²) < 4.78 is 9.72. The quantitative estimate of drug-likeness (QED) is 0.652. The van der Waals surface area contributed by atoms with Gasteiger partial charge in [0.05, 0.1) is 23.4 Å². The highest BCUT2D eigenvalue weighted by Gasteiger charge is 2.11. The molecule has 0 aliphatic rings. The molecule has 0 amide bonds. The van der Waals surface area contributed by atoms with Gasteiger partial charge in [-0.25, -0.2) is 4.68 Å². The van der Waals surface area contributed by atoms with E-state index < -0.39 is 0 Å². The first kappa shape index (κ1) is 8.82. The van der Waals surface area contributed by atoms with Crippen LogP contribution in [0.2, 0.25) is 5.15 Å². The summed E-state index contributed by atoms with van der Waals surface area (Å²) in [6.45, 7) is 0. The Kier molecular flexibility index (Phi) is 1.93. The number of halogens is 1. The standard InChI is InChI=1S/C9H5ClN4S/c10-8-9(13-15-12-8)14-7-4-2-1-3-6(7)5-11-14/h1-5H. The van der Waals surface area contributed by atoms with Crippen LogP contribution >= 0.6 is 23.3 Å². The van der Waals surface area contributed by atoms with Crippen LogP contribution in [0.25, 0.3) is 16.7 Å². The van der Waals surface area contributed by atoms with E-state index in [4.69, 9.17) is 11.6 Å². The van der Waals surface area contributed by atoms with Crippen molar-refractivity contribution >= 4 is 34.2 Å². The lowest BCUT2D eigenvalue weighted by Crippen LogP contribution is -1.96. The topological polar surface area (TPSA) is 43.6 Å². The molecule has 0 saturated carbocycles. The van der Waals surface area contributed by atoms with E-state index in [-0.39, 0.29) is 0 Å². The molecule has 0 bridgehead atoms. The largest absolute Gasteiger partial charge is 0.211 e. The second-order valence-corrected chi connectivity index (χ2v) is 3.88. The number of rotatable bonds is 1. The second kappa shape index (κ2) is 3.29. The molecule has 15 heavy (non-hydrogen) atoms. The Hall–Kier alpha value is -1.46. The molecule has 0 radical (unpaired) electrons. The van der Waals surface area contributed by atoms with Crippen LogP contribution in [0.5, 0.6) is 0 Å². The Morgan fingerprint density at radius 1 is 1.20 bits per heavy atom. The summed E-state index contributed by atoms with van der Waals surface area (Å²) in [5.41, 5.74) is 0.979. The number of para-hydroxylation sites is 1. The van der Waals surface area contributed by atoms with Gasteiger partial charge in [-0.15, -0.1) is 0 Å². The van der Waals surface area contributed by atoms with E-state index in [1.807, 2.05) is 24.3 Å². The minimum absolute atomic E-state index is 0.383. The summed E-state index contributed by atoms with van der Waals surface area (Å²) in [4.78, 5) is 0. The van der Waals surface area contributed by atoms with Gasteiger partial charge in [0.25, 0.3) is 0 Å². The molecule has 0 saturated heterocycles. The molecule has 2 aromatic heterocycles. The number of benzene rings is 1. The van der Waals surface area contributed by atoms with Crippen molar-refractivity contribution < 1.29 is 0 Å². The first-order valence-electron chi connectivity index (χ1n) is 4.27. The lowest BCUT2D eigenvalue weighted by Gasteiger charge is -1.97. The van der Waals surface area contributed by atoms with Gasteiger partial charge in [-0.3, -0.25) is 0 Å². The van der Waals surface area contributed by atoms with Crippen LogP contribution in [0.15, 0.2) is 30.5 Å². The van der Waals surface area contributed by atoms with Crippen LogP contribution in [0.3, 0.4) is 0 Å². The third kappa shape index (κ3) is 1.32. The normalized spacial score (nSPS) is 11.0. The van der Waals surface area contributed by atoms with Gasteiger partial charge in [-0.05, 0) is 6.07 Å². The van der Waals surface area contributed by atoms with E-state index in [0.29, 0.717) is 11.0 Å². The fourth-order valence-electron chi connectivity index (χ4n) is 1.44. The van der Waals surface area contributed by atoms with E-state index >= 15 is 0 Å². The minimum atomic E-state index is 0.383. The van der Waals surface area contributed by atoms with E-state index in [1.165, 1.54) is 0 Å². The third-order valence-electron chi connectivity index (χ3n) is 2.11. The average Bonchev–Trinajstić information content (AvgIpc) is 2.83. The van der Waals surface area contributed by atoms with Gasteiger partial charge in [0.1, 0.15) is 0 Å². The van der Waals surface area contributed by atoms with Crippen LogP contribution in [0, 0.1) is 0 Å². The Labute approximate surface area is 94.4 Å². The summed E-state index contributed by atoms with van der Waals surface area (Å²) in [5, 5.41) is 5.68. The number of hydrogen-bond acceptors (Lipinski definition) is 4. The molecule has 74 valence electrons. The molecular formula is C9H5ClN4S. The summed E-state index contributed by atoms with van der Waals surface area (Å²) >= 11 is 6.99. The van der Waals surface area contributed by atoms with Crippen LogP contribution in [-0.4, -0.2) is 18.5 Å². The Morgan fingerprint density at radius 2 is 2.07 bits per heavy atom. The van der Waals surface area contributed by atoms with Gasteiger partial charge < -0.3 is 0 Å². The highest BCUT2D eigenvalue weighted by molar-refractivity contribution is 6.99. The Bertz CT molecular complexity index is 615. The molecule has 3 aromatic rings. The van der Waals surface area contributed by atoms with Crippen molar-refractivity contribution in [2.75, 3.05) is 0 Å². The fraction of sp³-hybridized carbons (Fsp3) is 0. The smallest absolute Gasteiger partial charge is 0.206 e. The number of fused-ring (bicyclic) bond motifs is 1. The monoisotopic (exact) mass is 236 g/mol. The molecule has 0 N–H and O–H groups in total. The Morgan fingerprint density at radius 3 is 2.87 bits per heavy atom. The van der Waals surface area contributed by atoms with Crippen molar-refractivity contribution in [2.24, 2.45) is 0 Å². The van der Waals surface area contributed by atoms with Crippen molar-refractivity contribution in [1.82, 2.24) is 18.5 Å². The predicted molar refractivity (Wildman–Crippen MR) is 59.5 cm³/mol. The number of aromatic nitrogens is 4. The molecule has 3 rings (SSSR count). The maximum absolute atomic E-state index is 5.91. The van der Waals surface area contributed by atoms with Crippen molar-refractivity contribution in [3.05, 3.63) is 35.6 Å². The predicted octanol–water partition coefficient (Wildman–Crippen LogP) is 2.53. The SMILES string of the molecule is Clc1nsnc1-n1ncc2ccccc21. The van der Waals surface area contributed by atoms with Crippen LogP contribution in [0.1, 0.15) is 0 Å². The molecule has 4 nitrogen and oxygen atoms in total. The molecule has 0 spiro atoms. The molecular weight excluding hydrogens is 232 g/mol. The van der Waals surface area contributed by atoms with E-state index in [2.05, 4.69) is 13.8 Å². The van der Waals surface area contributed by atoms with Crippen molar-refractivity contribution in [3.63, 3.8) is 0 Å². The summed E-state index contributed by atoms with van der Waals surface area (Å²) in [6, 6.07) is 7.88. The molecule has 0 atom stereocenters. The Balaban J connectivity index is 2.32. The first-order valence-corrected chi connectivity index (χ1v) is 5.38. The lowest BCUT2D eigenvalue weighted by molar-refractivity contribution is 0.888. The van der Waals surface area contributed by atoms with Gasteiger partial charge in [0.15, 0.2) is 5.15 Å². The molecule has 0 aliphatic heterocycles. The molecule has 0 aliphatic carbocycles. The number of hydrogen-bond donors (Lipinski definition) is 0. The van der Waals surface area contributed by atoms with Crippen LogP contribution in [0.4, 0.5) is 0 Å². The summed E-state index contributed by atoms with van der Waals surface area (Å²) in [6.07, 6.45) is 1.78. The molecule has 0 fully saturated rings. The van der Waals surface area contributed by atoms with Gasteiger partial charge in [-0.2, -0.15) is 13.8 Å². The van der Waals surface area contributed by atoms with Gasteiger partial charge in [0, 0.05) is 5.39 Å². The lowest BCUT2D eigenvalue weighted by atomic mass is 10.3. The van der Waals surface area contributed by atoms with Crippen LogP contribution < -0.4 is 0 Å². The maximum Gasteiger partial charge on any atom is 0.206 e. The molecule has 6 heteroatoms. The minimum Gasteiger partial charge on any atom is -0.211 e. The first-order chi connectivity index (χ1) is 7.36. The van der Waals surface area contributed by atoms with Crippen molar-refractivity contribution in [1.29, 1.82) is 0 Å². The summed E-state index contributed by atoms with van der Waals surface area (Å²) in [5.74, 6) is 0.586. The zero-order valence-electron chi connectivity index (χ0n) is 7.46. The zero-order chi connectivity index (χ0) is 10.3. The highest BCUT2D eigenvalue weighted by atomic mass is 35.5. The highest BCUT2D eigenvalue weighted by Crippen LogP contribution is 2.21. The molecule has 0 unspecified atom stereocenters. The molecule has 2 heterocycles. The summed E-state index contributed by atoms with van der Waals surface area (Å²) in [7, 11) is 0. The second-order valence-electron chi connectivity index (χ2n) is 2.99. The van der Waals surface area contributed by atoms with Gasteiger partial charge >= 0.3 is 0 Å². The van der Waals surface area contributed by atoms with Gasteiger partial charge in [0.2, 0.25) is 5.82 Å².